The molecule has 0 aromatic carbocycles. The highest BCUT2D eigenvalue weighted by molar-refractivity contribution is 5.76. The fraction of sp³-hybridized carbons (Fsp3) is 0.909. The summed E-state index contributed by atoms with van der Waals surface area (Å²) < 4.78 is 0. The molecule has 1 saturated carbocycles. The molecule has 1 unspecified atom stereocenters. The Balaban J connectivity index is 2.36. The zero-order valence-corrected chi connectivity index (χ0v) is 9.05. The van der Waals surface area contributed by atoms with Crippen molar-refractivity contribution >= 4 is 5.78 Å². The predicted octanol–water partition coefficient (Wildman–Crippen LogP) is 2.23. The van der Waals surface area contributed by atoms with Crippen LogP contribution in [0.15, 0.2) is 0 Å². The molecular formula is C11H21NO. The van der Waals surface area contributed by atoms with Crippen LogP contribution in [0.25, 0.3) is 0 Å². The van der Waals surface area contributed by atoms with Crippen molar-refractivity contribution in [3.05, 3.63) is 0 Å². The molecule has 1 aliphatic carbocycles. The maximum Gasteiger partial charge on any atom is 0.131 e. The lowest BCUT2D eigenvalue weighted by atomic mass is 10.1. The molecule has 0 aromatic rings. The van der Waals surface area contributed by atoms with Gasteiger partial charge in [-0.2, -0.15) is 0 Å². The van der Waals surface area contributed by atoms with E-state index in [0.29, 0.717) is 18.2 Å². The third-order valence-corrected chi connectivity index (χ3v) is 3.18. The van der Waals surface area contributed by atoms with Crippen LogP contribution in [0.5, 0.6) is 0 Å². The molecular weight excluding hydrogens is 162 g/mol. The summed E-state index contributed by atoms with van der Waals surface area (Å²) in [7, 11) is 2.16. The van der Waals surface area contributed by atoms with Crippen LogP contribution in [0.4, 0.5) is 0 Å². The number of nitrogens with zero attached hydrogens (tertiary/aromatic N) is 1. The van der Waals surface area contributed by atoms with E-state index in [1.54, 1.807) is 6.92 Å². The van der Waals surface area contributed by atoms with Crippen molar-refractivity contribution < 1.29 is 4.79 Å². The maximum atomic E-state index is 10.9. The van der Waals surface area contributed by atoms with Crippen molar-refractivity contribution in [2.75, 3.05) is 7.05 Å². The number of Topliss-reactive ketones (excluding diaryl/α,β-unsaturated/α-hetero) is 1. The highest BCUT2D eigenvalue weighted by Crippen LogP contribution is 2.24. The number of hydrogen-bond donors (Lipinski definition) is 0. The number of ketones is 1. The molecule has 0 radical (unpaired) electrons. The van der Waals surface area contributed by atoms with Crippen molar-refractivity contribution in [3.8, 4) is 0 Å². The molecule has 0 N–H and O–H groups in total. The monoisotopic (exact) mass is 183 g/mol. The molecule has 13 heavy (non-hydrogen) atoms. The quantitative estimate of drug-likeness (QED) is 0.666. The molecule has 1 atom stereocenters. The van der Waals surface area contributed by atoms with Gasteiger partial charge >= 0.3 is 0 Å². The second kappa shape index (κ2) is 4.75. The maximum absolute atomic E-state index is 10.9. The van der Waals surface area contributed by atoms with E-state index in [1.807, 2.05) is 0 Å². The van der Waals surface area contributed by atoms with Gasteiger partial charge in [-0.15, -0.1) is 0 Å². The Morgan fingerprint density at radius 2 is 2.00 bits per heavy atom. The van der Waals surface area contributed by atoms with Gasteiger partial charge < -0.3 is 4.90 Å². The third kappa shape index (κ3) is 3.11. The second-order valence-corrected chi connectivity index (χ2v) is 4.36. The Hall–Kier alpha value is -0.370. The van der Waals surface area contributed by atoms with Gasteiger partial charge in [-0.25, -0.2) is 0 Å². The highest BCUT2D eigenvalue weighted by atomic mass is 16.1. The standard InChI is InChI=1S/C11H21NO/c1-9(8-10(2)13)12(3)11-6-4-5-7-11/h9,11H,4-8H2,1-3H3. The van der Waals surface area contributed by atoms with Crippen LogP contribution in [0.2, 0.25) is 0 Å². The topological polar surface area (TPSA) is 20.3 Å². The molecule has 1 fully saturated rings. The smallest absolute Gasteiger partial charge is 0.131 e. The van der Waals surface area contributed by atoms with Crippen LogP contribution < -0.4 is 0 Å². The summed E-state index contributed by atoms with van der Waals surface area (Å²) in [6, 6.07) is 1.15. The van der Waals surface area contributed by atoms with Gasteiger partial charge in [0.05, 0.1) is 0 Å². The third-order valence-electron chi connectivity index (χ3n) is 3.18. The minimum Gasteiger partial charge on any atom is -0.300 e. The first-order chi connectivity index (χ1) is 6.11. The van der Waals surface area contributed by atoms with Gasteiger partial charge in [-0.1, -0.05) is 12.8 Å². The zero-order chi connectivity index (χ0) is 9.84. The first-order valence-electron chi connectivity index (χ1n) is 5.32. The Kier molecular flexibility index (Phi) is 3.91. The Bertz CT molecular complexity index is 173. The van der Waals surface area contributed by atoms with Crippen LogP contribution in [0, 0.1) is 0 Å². The fourth-order valence-electron chi connectivity index (χ4n) is 2.23. The van der Waals surface area contributed by atoms with Crippen LogP contribution >= 0.6 is 0 Å². The highest BCUT2D eigenvalue weighted by Gasteiger charge is 2.23. The Labute approximate surface area is 81.3 Å². The summed E-state index contributed by atoms with van der Waals surface area (Å²) in [6.07, 6.45) is 6.06. The lowest BCUT2D eigenvalue weighted by Gasteiger charge is -2.29. The molecule has 76 valence electrons. The van der Waals surface area contributed by atoms with Crippen molar-refractivity contribution in [2.24, 2.45) is 0 Å². The summed E-state index contributed by atoms with van der Waals surface area (Å²) in [5, 5.41) is 0. The molecule has 0 aromatic heterocycles. The molecule has 1 rings (SSSR count). The van der Waals surface area contributed by atoms with E-state index in [0.717, 1.165) is 6.04 Å². The minimum atomic E-state index is 0.303. The molecule has 1 aliphatic rings. The van der Waals surface area contributed by atoms with Gasteiger partial charge in [0.2, 0.25) is 0 Å². The Morgan fingerprint density at radius 3 is 2.46 bits per heavy atom. The van der Waals surface area contributed by atoms with E-state index < -0.39 is 0 Å². The van der Waals surface area contributed by atoms with Crippen molar-refractivity contribution in [1.82, 2.24) is 4.90 Å². The number of carbonyl (C=O) groups excluding carboxylic acids is 1. The largest absolute Gasteiger partial charge is 0.300 e. The minimum absolute atomic E-state index is 0.303. The normalized spacial score (nSPS) is 20.9. The molecule has 0 bridgehead atoms. The molecule has 2 heteroatoms. The van der Waals surface area contributed by atoms with E-state index in [2.05, 4.69) is 18.9 Å². The van der Waals surface area contributed by atoms with Crippen molar-refractivity contribution in [3.63, 3.8) is 0 Å². The summed E-state index contributed by atoms with van der Waals surface area (Å²) in [5.74, 6) is 0.303. The molecule has 0 saturated heterocycles. The molecule has 0 amide bonds. The predicted molar refractivity (Wildman–Crippen MR) is 54.8 cm³/mol. The summed E-state index contributed by atoms with van der Waals surface area (Å²) >= 11 is 0. The first kappa shape index (κ1) is 10.7. The van der Waals surface area contributed by atoms with E-state index in [4.69, 9.17) is 0 Å². The SMILES string of the molecule is CC(=O)CC(C)N(C)C1CCCC1. The lowest BCUT2D eigenvalue weighted by molar-refractivity contribution is -0.118. The van der Waals surface area contributed by atoms with E-state index in [-0.39, 0.29) is 0 Å². The van der Waals surface area contributed by atoms with Crippen LogP contribution in [-0.4, -0.2) is 29.8 Å². The number of rotatable bonds is 4. The van der Waals surface area contributed by atoms with E-state index >= 15 is 0 Å². The zero-order valence-electron chi connectivity index (χ0n) is 9.05. The van der Waals surface area contributed by atoms with Gasteiger partial charge in [-0.3, -0.25) is 4.79 Å². The molecule has 0 spiro atoms. The number of carbonyl (C=O) groups is 1. The van der Waals surface area contributed by atoms with Gasteiger partial charge in [0.15, 0.2) is 0 Å². The van der Waals surface area contributed by atoms with Gasteiger partial charge in [0, 0.05) is 18.5 Å². The van der Waals surface area contributed by atoms with Crippen molar-refractivity contribution in [2.45, 2.75) is 58.0 Å². The first-order valence-corrected chi connectivity index (χ1v) is 5.32. The Morgan fingerprint density at radius 1 is 1.46 bits per heavy atom. The number of hydrogen-bond acceptors (Lipinski definition) is 2. The van der Waals surface area contributed by atoms with Crippen molar-refractivity contribution in [1.29, 1.82) is 0 Å². The lowest BCUT2D eigenvalue weighted by Crippen LogP contribution is -2.37. The average molecular weight is 183 g/mol. The van der Waals surface area contributed by atoms with E-state index in [1.165, 1.54) is 25.7 Å². The summed E-state index contributed by atoms with van der Waals surface area (Å²) in [4.78, 5) is 13.3. The van der Waals surface area contributed by atoms with E-state index in [9.17, 15) is 4.79 Å². The molecule has 0 aliphatic heterocycles. The van der Waals surface area contributed by atoms with Gasteiger partial charge in [0.25, 0.3) is 0 Å². The summed E-state index contributed by atoms with van der Waals surface area (Å²) in [5.41, 5.74) is 0. The fourth-order valence-corrected chi connectivity index (χ4v) is 2.23. The van der Waals surface area contributed by atoms with Gasteiger partial charge in [-0.05, 0) is 33.7 Å². The second-order valence-electron chi connectivity index (χ2n) is 4.36. The molecule has 2 nitrogen and oxygen atoms in total. The van der Waals surface area contributed by atoms with Crippen LogP contribution in [0.3, 0.4) is 0 Å². The van der Waals surface area contributed by atoms with Crippen LogP contribution in [-0.2, 0) is 4.79 Å². The molecule has 0 heterocycles. The van der Waals surface area contributed by atoms with Crippen LogP contribution in [0.1, 0.15) is 46.0 Å². The van der Waals surface area contributed by atoms with Gasteiger partial charge in [0.1, 0.15) is 5.78 Å². The summed E-state index contributed by atoms with van der Waals surface area (Å²) in [6.45, 7) is 3.83. The average Bonchev–Trinajstić information content (AvgIpc) is 2.53.